The molecule has 0 saturated carbocycles. The molecule has 0 atom stereocenters. The summed E-state index contributed by atoms with van der Waals surface area (Å²) < 4.78 is 0. The Labute approximate surface area is 106 Å². The summed E-state index contributed by atoms with van der Waals surface area (Å²) in [5.41, 5.74) is 1.22. The van der Waals surface area contributed by atoms with Crippen molar-refractivity contribution in [2.75, 3.05) is 5.32 Å². The lowest BCUT2D eigenvalue weighted by Crippen LogP contribution is -1.90. The van der Waals surface area contributed by atoms with Crippen LogP contribution in [0.1, 0.15) is 5.56 Å². The molecule has 1 aromatic carbocycles. The maximum atomic E-state index is 8.69. The first-order valence-corrected chi connectivity index (χ1v) is 5.90. The smallest absolute Gasteiger partial charge is 0.188 e. The molecule has 2 aromatic rings. The van der Waals surface area contributed by atoms with Crippen LogP contribution in [0, 0.1) is 11.3 Å². The van der Waals surface area contributed by atoms with Gasteiger partial charge in [0.1, 0.15) is 5.15 Å². The first kappa shape index (κ1) is 11.2. The molecule has 1 aromatic heterocycles. The number of aromatic nitrogens is 1. The van der Waals surface area contributed by atoms with Gasteiger partial charge >= 0.3 is 0 Å². The number of halogens is 2. The first-order valence-electron chi connectivity index (χ1n) is 4.27. The molecule has 0 spiro atoms. The van der Waals surface area contributed by atoms with Crippen LogP contribution < -0.4 is 5.32 Å². The van der Waals surface area contributed by atoms with Gasteiger partial charge in [-0.15, -0.1) is 11.3 Å². The lowest BCUT2D eigenvalue weighted by Gasteiger charge is -2.04. The van der Waals surface area contributed by atoms with Gasteiger partial charge in [0.25, 0.3) is 0 Å². The van der Waals surface area contributed by atoms with E-state index < -0.39 is 0 Å². The molecule has 1 N–H and O–H groups in total. The highest BCUT2D eigenvalue weighted by molar-refractivity contribution is 7.14. The van der Waals surface area contributed by atoms with Crippen molar-refractivity contribution in [2.24, 2.45) is 0 Å². The normalized spacial score (nSPS) is 9.81. The summed E-state index contributed by atoms with van der Waals surface area (Å²) in [7, 11) is 0. The van der Waals surface area contributed by atoms with Crippen molar-refractivity contribution in [3.05, 3.63) is 39.3 Å². The van der Waals surface area contributed by atoms with E-state index in [0.29, 0.717) is 26.6 Å². The third-order valence-corrected chi connectivity index (χ3v) is 3.21. The number of hydrogen-bond donors (Lipinski definition) is 1. The largest absolute Gasteiger partial charge is 0.330 e. The van der Waals surface area contributed by atoms with E-state index in [-0.39, 0.29) is 0 Å². The third kappa shape index (κ3) is 2.45. The van der Waals surface area contributed by atoms with Crippen molar-refractivity contribution in [3.63, 3.8) is 0 Å². The van der Waals surface area contributed by atoms with Crippen LogP contribution in [0.25, 0.3) is 0 Å². The molecule has 0 amide bonds. The van der Waals surface area contributed by atoms with E-state index in [9.17, 15) is 0 Å². The van der Waals surface area contributed by atoms with Crippen LogP contribution in [0.15, 0.2) is 23.6 Å². The summed E-state index contributed by atoms with van der Waals surface area (Å²) in [4.78, 5) is 4.04. The Bertz CT molecular complexity index is 559. The molecule has 2 rings (SSSR count). The summed E-state index contributed by atoms with van der Waals surface area (Å²) in [6.07, 6.45) is 0. The number of nitrogens with zero attached hydrogens (tertiary/aromatic N) is 2. The van der Waals surface area contributed by atoms with E-state index in [4.69, 9.17) is 28.5 Å². The maximum absolute atomic E-state index is 8.69. The summed E-state index contributed by atoms with van der Waals surface area (Å²) in [6.45, 7) is 0. The Morgan fingerprint density at radius 2 is 2.19 bits per heavy atom. The van der Waals surface area contributed by atoms with Crippen LogP contribution >= 0.6 is 34.5 Å². The molecule has 0 aliphatic rings. The number of thiazole rings is 1. The molecule has 6 heteroatoms. The fraction of sp³-hybridized carbons (Fsp3) is 0. The fourth-order valence-corrected chi connectivity index (χ4v) is 2.19. The lowest BCUT2D eigenvalue weighted by molar-refractivity contribution is 1.39. The minimum absolute atomic E-state index is 0.442. The van der Waals surface area contributed by atoms with Crippen molar-refractivity contribution < 1.29 is 0 Å². The Morgan fingerprint density at radius 3 is 2.75 bits per heavy atom. The van der Waals surface area contributed by atoms with Crippen molar-refractivity contribution in [1.82, 2.24) is 4.98 Å². The fourth-order valence-electron chi connectivity index (χ4n) is 1.11. The van der Waals surface area contributed by atoms with E-state index >= 15 is 0 Å². The maximum Gasteiger partial charge on any atom is 0.188 e. The van der Waals surface area contributed by atoms with Gasteiger partial charge in [-0.2, -0.15) is 5.26 Å². The van der Waals surface area contributed by atoms with Crippen molar-refractivity contribution in [2.45, 2.75) is 0 Å². The van der Waals surface area contributed by atoms with E-state index in [2.05, 4.69) is 10.3 Å². The topological polar surface area (TPSA) is 48.7 Å². The summed E-state index contributed by atoms with van der Waals surface area (Å²) in [5.74, 6) is 0. The molecule has 0 fully saturated rings. The molecular formula is C10H5Cl2N3S. The molecule has 16 heavy (non-hydrogen) atoms. The molecular weight excluding hydrogens is 265 g/mol. The average Bonchev–Trinajstić information content (AvgIpc) is 2.67. The van der Waals surface area contributed by atoms with Gasteiger partial charge in [0.15, 0.2) is 5.13 Å². The number of benzene rings is 1. The summed E-state index contributed by atoms with van der Waals surface area (Å²) >= 11 is 13.1. The zero-order valence-corrected chi connectivity index (χ0v) is 10.2. The zero-order valence-electron chi connectivity index (χ0n) is 7.87. The number of nitriles is 1. The number of nitrogens with one attached hydrogen (secondary N) is 1. The van der Waals surface area contributed by atoms with E-state index in [1.807, 2.05) is 6.07 Å². The second-order valence-corrected chi connectivity index (χ2v) is 4.56. The number of hydrogen-bond acceptors (Lipinski definition) is 4. The second-order valence-electron chi connectivity index (χ2n) is 2.91. The standard InChI is InChI=1S/C10H5Cl2N3S/c11-7-3-6(4-13)1-2-8(7)14-10-15-9(12)5-16-10/h1-3,5H,(H,14,15). The van der Waals surface area contributed by atoms with Crippen LogP contribution in [-0.4, -0.2) is 4.98 Å². The zero-order chi connectivity index (χ0) is 11.5. The molecule has 0 radical (unpaired) electrons. The number of rotatable bonds is 2. The minimum atomic E-state index is 0.442. The quantitative estimate of drug-likeness (QED) is 0.894. The predicted octanol–water partition coefficient (Wildman–Crippen LogP) is 4.07. The molecule has 0 unspecified atom stereocenters. The van der Waals surface area contributed by atoms with Gasteiger partial charge < -0.3 is 5.32 Å². The van der Waals surface area contributed by atoms with Crippen LogP contribution in [0.4, 0.5) is 10.8 Å². The molecule has 1 heterocycles. The predicted molar refractivity (Wildman–Crippen MR) is 66.6 cm³/mol. The van der Waals surface area contributed by atoms with E-state index in [1.54, 1.807) is 23.6 Å². The molecule has 80 valence electrons. The SMILES string of the molecule is N#Cc1ccc(Nc2nc(Cl)cs2)c(Cl)c1. The third-order valence-electron chi connectivity index (χ3n) is 1.82. The Kier molecular flexibility index (Phi) is 3.30. The molecule has 0 saturated heterocycles. The lowest BCUT2D eigenvalue weighted by atomic mass is 10.2. The Hall–Kier alpha value is -1.28. The highest BCUT2D eigenvalue weighted by Crippen LogP contribution is 2.28. The molecule has 0 bridgehead atoms. The van der Waals surface area contributed by atoms with Crippen LogP contribution in [0.3, 0.4) is 0 Å². The Balaban J connectivity index is 2.26. The summed E-state index contributed by atoms with van der Waals surface area (Å²) in [5, 5.41) is 15.0. The highest BCUT2D eigenvalue weighted by atomic mass is 35.5. The second kappa shape index (κ2) is 4.71. The Morgan fingerprint density at radius 1 is 1.38 bits per heavy atom. The first-order chi connectivity index (χ1) is 7.69. The van der Waals surface area contributed by atoms with Gasteiger partial charge in [-0.3, -0.25) is 0 Å². The van der Waals surface area contributed by atoms with Crippen molar-refractivity contribution in [3.8, 4) is 6.07 Å². The average molecular weight is 270 g/mol. The van der Waals surface area contributed by atoms with E-state index in [0.717, 1.165) is 0 Å². The van der Waals surface area contributed by atoms with Crippen LogP contribution in [0.2, 0.25) is 10.2 Å². The van der Waals surface area contributed by atoms with Gasteiger partial charge in [0, 0.05) is 5.38 Å². The van der Waals surface area contributed by atoms with Crippen molar-refractivity contribution >= 4 is 45.4 Å². The monoisotopic (exact) mass is 269 g/mol. The minimum Gasteiger partial charge on any atom is -0.330 e. The molecule has 0 aliphatic carbocycles. The van der Waals surface area contributed by atoms with Crippen molar-refractivity contribution in [1.29, 1.82) is 5.26 Å². The van der Waals surface area contributed by atoms with Gasteiger partial charge in [0.05, 0.1) is 22.3 Å². The molecule has 3 nitrogen and oxygen atoms in total. The van der Waals surface area contributed by atoms with E-state index in [1.165, 1.54) is 11.3 Å². The molecule has 0 aliphatic heterocycles. The van der Waals surface area contributed by atoms with Crippen LogP contribution in [0.5, 0.6) is 0 Å². The summed E-state index contributed by atoms with van der Waals surface area (Å²) in [6, 6.07) is 7.03. The number of anilines is 2. The van der Waals surface area contributed by atoms with Gasteiger partial charge in [0.2, 0.25) is 0 Å². The van der Waals surface area contributed by atoms with Gasteiger partial charge in [-0.25, -0.2) is 4.98 Å². The van der Waals surface area contributed by atoms with Gasteiger partial charge in [-0.1, -0.05) is 23.2 Å². The van der Waals surface area contributed by atoms with Gasteiger partial charge in [-0.05, 0) is 18.2 Å². The highest BCUT2D eigenvalue weighted by Gasteiger charge is 2.04. The van der Waals surface area contributed by atoms with Crippen LogP contribution in [-0.2, 0) is 0 Å².